The van der Waals surface area contributed by atoms with Gasteiger partial charge in [-0.3, -0.25) is 0 Å². The van der Waals surface area contributed by atoms with Crippen LogP contribution in [0.5, 0.6) is 0 Å². The summed E-state index contributed by atoms with van der Waals surface area (Å²) in [5, 5.41) is 3.30. The van der Waals surface area contributed by atoms with E-state index in [1.165, 1.54) is 5.56 Å². The van der Waals surface area contributed by atoms with Crippen LogP contribution in [0.15, 0.2) is 42.5 Å². The highest BCUT2D eigenvalue weighted by Gasteiger charge is 1.97. The topological polar surface area (TPSA) is 24.9 Å². The molecule has 0 aliphatic heterocycles. The first-order valence-corrected chi connectivity index (χ1v) is 6.13. The van der Waals surface area contributed by atoms with E-state index in [2.05, 4.69) is 22.4 Å². The van der Waals surface area contributed by atoms with Gasteiger partial charge in [0, 0.05) is 18.1 Å². The van der Waals surface area contributed by atoms with E-state index in [9.17, 15) is 0 Å². The molecule has 88 valence electrons. The second-order valence-corrected chi connectivity index (χ2v) is 4.24. The fourth-order valence-electron chi connectivity index (χ4n) is 1.66. The Kier molecular flexibility index (Phi) is 3.99. The number of nitrogens with one attached hydrogen (secondary N) is 1. The van der Waals surface area contributed by atoms with Crippen molar-refractivity contribution < 1.29 is 0 Å². The molecule has 0 saturated carbocycles. The number of aromatic nitrogens is 1. The van der Waals surface area contributed by atoms with E-state index < -0.39 is 0 Å². The van der Waals surface area contributed by atoms with Crippen LogP contribution < -0.4 is 5.32 Å². The molecule has 2 nitrogen and oxygen atoms in total. The van der Waals surface area contributed by atoms with Gasteiger partial charge in [0.05, 0.1) is 0 Å². The molecule has 0 fully saturated rings. The third kappa shape index (κ3) is 3.46. The molecule has 2 rings (SSSR count). The first kappa shape index (κ1) is 11.9. The number of aryl methyl sites for hydroxylation is 1. The average molecular weight is 247 g/mol. The number of benzene rings is 1. The van der Waals surface area contributed by atoms with Crippen molar-refractivity contribution in [2.24, 2.45) is 0 Å². The maximum absolute atomic E-state index is 5.80. The van der Waals surface area contributed by atoms with Gasteiger partial charge >= 0.3 is 0 Å². The lowest BCUT2D eigenvalue weighted by Gasteiger charge is -2.07. The SMILES string of the molecule is Cc1cccc(NCc2cccc(CCl)c2)n1. The van der Waals surface area contributed by atoms with Crippen molar-refractivity contribution in [3.8, 4) is 0 Å². The number of halogens is 1. The Morgan fingerprint density at radius 1 is 1.12 bits per heavy atom. The molecular formula is C14H15ClN2. The Morgan fingerprint density at radius 2 is 1.88 bits per heavy atom. The molecular weight excluding hydrogens is 232 g/mol. The average Bonchev–Trinajstić information content (AvgIpc) is 2.37. The van der Waals surface area contributed by atoms with Crippen LogP contribution >= 0.6 is 11.6 Å². The summed E-state index contributed by atoms with van der Waals surface area (Å²) < 4.78 is 0. The standard InChI is InChI=1S/C14H15ClN2/c1-11-4-2-7-14(17-11)16-10-13-6-3-5-12(8-13)9-15/h2-8H,9-10H2,1H3,(H,16,17). The van der Waals surface area contributed by atoms with Crippen LogP contribution in [0.3, 0.4) is 0 Å². The lowest BCUT2D eigenvalue weighted by molar-refractivity contribution is 1.08. The van der Waals surface area contributed by atoms with Gasteiger partial charge in [0.15, 0.2) is 0 Å². The first-order chi connectivity index (χ1) is 8.28. The Hall–Kier alpha value is -1.54. The zero-order valence-corrected chi connectivity index (χ0v) is 10.5. The Bertz CT molecular complexity index is 497. The van der Waals surface area contributed by atoms with E-state index in [1.54, 1.807) is 0 Å². The van der Waals surface area contributed by atoms with Crippen LogP contribution in [0.25, 0.3) is 0 Å². The Morgan fingerprint density at radius 3 is 2.65 bits per heavy atom. The summed E-state index contributed by atoms with van der Waals surface area (Å²) in [6, 6.07) is 14.2. The van der Waals surface area contributed by atoms with Crippen molar-refractivity contribution in [3.05, 3.63) is 59.3 Å². The molecule has 0 atom stereocenters. The molecule has 0 unspecified atom stereocenters. The molecule has 3 heteroatoms. The molecule has 1 aromatic carbocycles. The van der Waals surface area contributed by atoms with E-state index in [4.69, 9.17) is 11.6 Å². The number of pyridine rings is 1. The summed E-state index contributed by atoms with van der Waals surface area (Å²) >= 11 is 5.80. The Balaban J connectivity index is 2.02. The molecule has 0 aliphatic carbocycles. The van der Waals surface area contributed by atoms with Crippen molar-refractivity contribution in [3.63, 3.8) is 0 Å². The molecule has 2 aromatic rings. The van der Waals surface area contributed by atoms with Gasteiger partial charge in [-0.05, 0) is 30.2 Å². The molecule has 17 heavy (non-hydrogen) atoms. The summed E-state index contributed by atoms with van der Waals surface area (Å²) in [6.07, 6.45) is 0. The third-order valence-corrected chi connectivity index (χ3v) is 2.82. The minimum Gasteiger partial charge on any atom is -0.366 e. The zero-order chi connectivity index (χ0) is 12.1. The van der Waals surface area contributed by atoms with Gasteiger partial charge in [-0.15, -0.1) is 11.6 Å². The monoisotopic (exact) mass is 246 g/mol. The summed E-state index contributed by atoms with van der Waals surface area (Å²) in [6.45, 7) is 2.75. The van der Waals surface area contributed by atoms with Crippen LogP contribution in [0.4, 0.5) is 5.82 Å². The van der Waals surface area contributed by atoms with E-state index in [0.717, 1.165) is 23.6 Å². The lowest BCUT2D eigenvalue weighted by atomic mass is 10.1. The van der Waals surface area contributed by atoms with Gasteiger partial charge in [0.1, 0.15) is 5.82 Å². The minimum atomic E-state index is 0.552. The molecule has 1 aromatic heterocycles. The second kappa shape index (κ2) is 5.69. The van der Waals surface area contributed by atoms with Gasteiger partial charge in [0.25, 0.3) is 0 Å². The smallest absolute Gasteiger partial charge is 0.126 e. The largest absolute Gasteiger partial charge is 0.366 e. The van der Waals surface area contributed by atoms with Crippen molar-refractivity contribution in [1.29, 1.82) is 0 Å². The molecule has 0 aliphatic rings. The fraction of sp³-hybridized carbons (Fsp3) is 0.214. The van der Waals surface area contributed by atoms with Crippen LogP contribution in [0.1, 0.15) is 16.8 Å². The number of rotatable bonds is 4. The fourth-order valence-corrected chi connectivity index (χ4v) is 1.82. The highest BCUT2D eigenvalue weighted by atomic mass is 35.5. The summed E-state index contributed by atoms with van der Waals surface area (Å²) in [7, 11) is 0. The number of nitrogens with zero attached hydrogens (tertiary/aromatic N) is 1. The predicted octanol–water partition coefficient (Wildman–Crippen LogP) is 3.74. The van der Waals surface area contributed by atoms with Crippen molar-refractivity contribution in [1.82, 2.24) is 4.98 Å². The number of anilines is 1. The van der Waals surface area contributed by atoms with Gasteiger partial charge in [-0.1, -0.05) is 30.3 Å². The molecule has 0 saturated heterocycles. The van der Waals surface area contributed by atoms with E-state index in [1.807, 2.05) is 37.3 Å². The molecule has 0 amide bonds. The van der Waals surface area contributed by atoms with Gasteiger partial charge in [-0.2, -0.15) is 0 Å². The first-order valence-electron chi connectivity index (χ1n) is 5.59. The summed E-state index contributed by atoms with van der Waals surface area (Å²) in [5.74, 6) is 1.46. The molecule has 0 spiro atoms. The van der Waals surface area contributed by atoms with E-state index >= 15 is 0 Å². The lowest BCUT2D eigenvalue weighted by Crippen LogP contribution is -2.02. The van der Waals surface area contributed by atoms with Gasteiger partial charge in [0.2, 0.25) is 0 Å². The molecule has 0 radical (unpaired) electrons. The van der Waals surface area contributed by atoms with Crippen LogP contribution in [0, 0.1) is 6.92 Å². The number of hydrogen-bond donors (Lipinski definition) is 1. The van der Waals surface area contributed by atoms with Gasteiger partial charge < -0.3 is 5.32 Å². The number of hydrogen-bond acceptors (Lipinski definition) is 2. The predicted molar refractivity (Wildman–Crippen MR) is 72.3 cm³/mol. The molecule has 1 heterocycles. The molecule has 0 bridgehead atoms. The van der Waals surface area contributed by atoms with E-state index in [0.29, 0.717) is 5.88 Å². The third-order valence-electron chi connectivity index (χ3n) is 2.51. The van der Waals surface area contributed by atoms with Crippen LogP contribution in [0.2, 0.25) is 0 Å². The van der Waals surface area contributed by atoms with Crippen LogP contribution in [-0.2, 0) is 12.4 Å². The normalized spacial score (nSPS) is 10.2. The number of alkyl halides is 1. The Labute approximate surface area is 107 Å². The van der Waals surface area contributed by atoms with Crippen molar-refractivity contribution in [2.45, 2.75) is 19.3 Å². The molecule has 1 N–H and O–H groups in total. The quantitative estimate of drug-likeness (QED) is 0.832. The van der Waals surface area contributed by atoms with Gasteiger partial charge in [-0.25, -0.2) is 4.98 Å². The highest BCUT2D eigenvalue weighted by Crippen LogP contribution is 2.10. The highest BCUT2D eigenvalue weighted by molar-refractivity contribution is 6.17. The summed E-state index contributed by atoms with van der Waals surface area (Å²) in [5.41, 5.74) is 3.37. The van der Waals surface area contributed by atoms with E-state index in [-0.39, 0.29) is 0 Å². The minimum absolute atomic E-state index is 0.552. The summed E-state index contributed by atoms with van der Waals surface area (Å²) in [4.78, 5) is 4.39. The van der Waals surface area contributed by atoms with Crippen molar-refractivity contribution in [2.75, 3.05) is 5.32 Å². The van der Waals surface area contributed by atoms with Crippen molar-refractivity contribution >= 4 is 17.4 Å². The zero-order valence-electron chi connectivity index (χ0n) is 9.78. The maximum Gasteiger partial charge on any atom is 0.126 e. The second-order valence-electron chi connectivity index (χ2n) is 3.97. The maximum atomic E-state index is 5.80. The van der Waals surface area contributed by atoms with Crippen LogP contribution in [-0.4, -0.2) is 4.98 Å².